The van der Waals surface area contributed by atoms with E-state index in [4.69, 9.17) is 22.9 Å². The van der Waals surface area contributed by atoms with Crippen molar-refractivity contribution in [3.05, 3.63) is 22.4 Å². The number of aromatic amines is 1. The predicted molar refractivity (Wildman–Crippen MR) is 122 cm³/mol. The van der Waals surface area contributed by atoms with Crippen LogP contribution < -0.4 is 33.4 Å². The quantitative estimate of drug-likeness (QED) is 0.170. The van der Waals surface area contributed by atoms with Crippen LogP contribution in [0.25, 0.3) is 0 Å². The Morgan fingerprint density at radius 1 is 1.13 bits per heavy atom. The number of hydrogen-bond acceptors (Lipinski definition) is 6. The average molecular weight is 421 g/mol. The van der Waals surface area contributed by atoms with Crippen LogP contribution in [0.1, 0.15) is 31.5 Å². The summed E-state index contributed by atoms with van der Waals surface area (Å²) in [6.45, 7) is 7.57. The lowest BCUT2D eigenvalue weighted by molar-refractivity contribution is 0.209. The molecule has 1 aliphatic heterocycles. The maximum Gasteiger partial charge on any atom is 0.274 e. The number of rotatable bonds is 11. The maximum atomic E-state index is 12.2. The number of aromatic nitrogens is 2. The summed E-state index contributed by atoms with van der Waals surface area (Å²) in [5.74, 6) is 1.46. The molecule has 1 fully saturated rings. The van der Waals surface area contributed by atoms with E-state index in [-0.39, 0.29) is 17.5 Å². The van der Waals surface area contributed by atoms with Crippen LogP contribution in [-0.4, -0.2) is 72.6 Å². The summed E-state index contributed by atoms with van der Waals surface area (Å²) in [4.78, 5) is 31.9. The number of H-pyrrole nitrogens is 1. The van der Waals surface area contributed by atoms with Crippen molar-refractivity contribution in [2.45, 2.75) is 32.6 Å². The Hall–Kier alpha value is -2.82. The van der Waals surface area contributed by atoms with Gasteiger partial charge in [0.25, 0.3) is 5.56 Å². The van der Waals surface area contributed by atoms with Gasteiger partial charge in [0.15, 0.2) is 11.9 Å². The van der Waals surface area contributed by atoms with Gasteiger partial charge in [-0.3, -0.25) is 14.8 Å². The zero-order chi connectivity index (χ0) is 21.9. The number of nitrogens with two attached hydrogens (primary N) is 4. The minimum Gasteiger partial charge on any atom is -0.370 e. The predicted octanol–water partition coefficient (Wildman–Crippen LogP) is -1.08. The first-order chi connectivity index (χ1) is 14.3. The molecule has 1 saturated heterocycles. The molecule has 1 aliphatic rings. The first-order valence-electron chi connectivity index (χ1n) is 10.5. The van der Waals surface area contributed by atoms with Crippen LogP contribution in [0.5, 0.6) is 0 Å². The second-order valence-electron chi connectivity index (χ2n) is 7.73. The average Bonchev–Trinajstić information content (AvgIpc) is 2.68. The number of nitrogens with zero attached hydrogens (tertiary/aromatic N) is 5. The molecule has 0 atom stereocenters. The van der Waals surface area contributed by atoms with Crippen LogP contribution in [0, 0.1) is 12.8 Å². The number of nitrogens with one attached hydrogen (secondary N) is 1. The van der Waals surface area contributed by atoms with Crippen molar-refractivity contribution in [2.75, 3.05) is 50.7 Å². The molecule has 0 saturated carbocycles. The first kappa shape index (κ1) is 23.5. The van der Waals surface area contributed by atoms with Gasteiger partial charge in [-0.2, -0.15) is 0 Å². The Bertz CT molecular complexity index is 735. The minimum absolute atomic E-state index is 0.0676. The Morgan fingerprint density at radius 3 is 2.20 bits per heavy atom. The third-order valence-corrected chi connectivity index (χ3v) is 5.23. The fourth-order valence-corrected chi connectivity index (χ4v) is 3.72. The zero-order valence-electron chi connectivity index (χ0n) is 17.9. The number of hydrogen-bond donors (Lipinski definition) is 5. The maximum absolute atomic E-state index is 12.2. The topological polar surface area (TPSA) is 181 Å². The van der Waals surface area contributed by atoms with E-state index in [0.29, 0.717) is 30.5 Å². The molecule has 0 unspecified atom stereocenters. The molecule has 30 heavy (non-hydrogen) atoms. The van der Waals surface area contributed by atoms with Crippen LogP contribution in [0.3, 0.4) is 0 Å². The molecule has 11 nitrogen and oxygen atoms in total. The summed E-state index contributed by atoms with van der Waals surface area (Å²) in [6.07, 6.45) is 5.53. The van der Waals surface area contributed by atoms with Gasteiger partial charge in [0.05, 0.1) is 6.20 Å². The molecule has 9 N–H and O–H groups in total. The van der Waals surface area contributed by atoms with E-state index in [2.05, 4.69) is 29.8 Å². The van der Waals surface area contributed by atoms with E-state index in [1.54, 1.807) is 13.1 Å². The van der Waals surface area contributed by atoms with E-state index in [9.17, 15) is 4.79 Å². The molecular formula is C19H36N10O. The number of guanidine groups is 2. The standard InChI is InChI=1S/C19H36N10O/c1-14-26-12-16(17(30)27-14)29-10-4-15(5-11-29)13-28(8-2-6-24-18(20)21)9-3-7-25-19(22)23/h12,15H,2-11,13H2,1H3,(H4,20,21,24)(H4,22,23,25)(H,26,27,30). The summed E-state index contributed by atoms with van der Waals surface area (Å²) < 4.78 is 0. The Labute approximate surface area is 177 Å². The molecule has 1 aromatic rings. The van der Waals surface area contributed by atoms with Gasteiger partial charge < -0.3 is 37.7 Å². The van der Waals surface area contributed by atoms with Gasteiger partial charge >= 0.3 is 0 Å². The van der Waals surface area contributed by atoms with Gasteiger partial charge in [-0.05, 0) is 51.6 Å². The highest BCUT2D eigenvalue weighted by molar-refractivity contribution is 5.75. The highest BCUT2D eigenvalue weighted by atomic mass is 16.1. The molecule has 2 heterocycles. The Balaban J connectivity index is 1.85. The monoisotopic (exact) mass is 420 g/mol. The minimum atomic E-state index is -0.0676. The van der Waals surface area contributed by atoms with Crippen molar-refractivity contribution < 1.29 is 0 Å². The summed E-state index contributed by atoms with van der Waals surface area (Å²) in [7, 11) is 0. The third-order valence-electron chi connectivity index (χ3n) is 5.23. The van der Waals surface area contributed by atoms with Crippen LogP contribution in [0.15, 0.2) is 21.0 Å². The molecule has 0 aliphatic carbocycles. The lowest BCUT2D eigenvalue weighted by atomic mass is 9.95. The second-order valence-corrected chi connectivity index (χ2v) is 7.73. The van der Waals surface area contributed by atoms with Crippen molar-refractivity contribution in [2.24, 2.45) is 38.8 Å². The van der Waals surface area contributed by atoms with Crippen molar-refractivity contribution >= 4 is 17.6 Å². The van der Waals surface area contributed by atoms with Crippen molar-refractivity contribution in [3.63, 3.8) is 0 Å². The summed E-state index contributed by atoms with van der Waals surface area (Å²) in [5, 5.41) is 0. The van der Waals surface area contributed by atoms with Gasteiger partial charge in [-0.15, -0.1) is 0 Å². The Kier molecular flexibility index (Phi) is 9.39. The van der Waals surface area contributed by atoms with E-state index in [1.807, 2.05) is 0 Å². The van der Waals surface area contributed by atoms with Crippen LogP contribution in [0.2, 0.25) is 0 Å². The Morgan fingerprint density at radius 2 is 1.70 bits per heavy atom. The zero-order valence-corrected chi connectivity index (χ0v) is 17.9. The van der Waals surface area contributed by atoms with Crippen LogP contribution in [-0.2, 0) is 0 Å². The molecule has 0 aromatic carbocycles. The number of anilines is 1. The van der Waals surface area contributed by atoms with E-state index in [1.165, 1.54) is 0 Å². The van der Waals surface area contributed by atoms with Crippen molar-refractivity contribution in [1.82, 2.24) is 14.9 Å². The fraction of sp³-hybridized carbons (Fsp3) is 0.684. The molecule has 1 aromatic heterocycles. The van der Waals surface area contributed by atoms with E-state index in [0.717, 1.165) is 58.4 Å². The third kappa shape index (κ3) is 8.27. The van der Waals surface area contributed by atoms with Crippen LogP contribution >= 0.6 is 0 Å². The van der Waals surface area contributed by atoms with Crippen molar-refractivity contribution in [1.29, 1.82) is 0 Å². The lowest BCUT2D eigenvalue weighted by Crippen LogP contribution is -2.41. The van der Waals surface area contributed by atoms with Gasteiger partial charge in [-0.1, -0.05) is 0 Å². The lowest BCUT2D eigenvalue weighted by Gasteiger charge is -2.35. The van der Waals surface area contributed by atoms with Crippen molar-refractivity contribution in [3.8, 4) is 0 Å². The molecule has 0 amide bonds. The number of piperidine rings is 1. The first-order valence-corrected chi connectivity index (χ1v) is 10.5. The summed E-state index contributed by atoms with van der Waals surface area (Å²) >= 11 is 0. The van der Waals surface area contributed by atoms with E-state index >= 15 is 0 Å². The number of aliphatic imine (C=N–C) groups is 2. The smallest absolute Gasteiger partial charge is 0.274 e. The second kappa shape index (κ2) is 12.0. The van der Waals surface area contributed by atoms with Gasteiger partial charge in [0.1, 0.15) is 11.5 Å². The molecule has 0 spiro atoms. The van der Waals surface area contributed by atoms with Gasteiger partial charge in [0.2, 0.25) is 0 Å². The largest absolute Gasteiger partial charge is 0.370 e. The highest BCUT2D eigenvalue weighted by Gasteiger charge is 2.23. The molecule has 11 heteroatoms. The molecule has 0 bridgehead atoms. The van der Waals surface area contributed by atoms with E-state index < -0.39 is 0 Å². The molecule has 0 radical (unpaired) electrons. The fourth-order valence-electron chi connectivity index (χ4n) is 3.72. The normalized spacial score (nSPS) is 14.7. The van der Waals surface area contributed by atoms with Gasteiger partial charge in [0, 0.05) is 32.7 Å². The molecule has 2 rings (SSSR count). The highest BCUT2D eigenvalue weighted by Crippen LogP contribution is 2.21. The summed E-state index contributed by atoms with van der Waals surface area (Å²) in [5.41, 5.74) is 22.2. The SMILES string of the molecule is Cc1ncc(N2CCC(CN(CCCN=C(N)N)CCCN=C(N)N)CC2)c(=O)[nH]1. The molecule has 168 valence electrons. The van der Waals surface area contributed by atoms with Gasteiger partial charge in [-0.25, -0.2) is 4.98 Å². The van der Waals surface area contributed by atoms with Crippen LogP contribution in [0.4, 0.5) is 5.69 Å². The molecular weight excluding hydrogens is 384 g/mol. The number of aryl methyl sites for hydroxylation is 1. The summed E-state index contributed by atoms with van der Waals surface area (Å²) in [6, 6.07) is 0.